The van der Waals surface area contributed by atoms with E-state index < -0.39 is 18.2 Å². The van der Waals surface area contributed by atoms with Gasteiger partial charge >= 0.3 is 5.97 Å². The van der Waals surface area contributed by atoms with Crippen molar-refractivity contribution in [1.82, 2.24) is 14.8 Å². The van der Waals surface area contributed by atoms with Gasteiger partial charge in [0.05, 0.1) is 5.69 Å². The summed E-state index contributed by atoms with van der Waals surface area (Å²) in [5, 5.41) is 13.2. The largest absolute Gasteiger partial charge is 0.478 e. The van der Waals surface area contributed by atoms with Gasteiger partial charge in [-0.05, 0) is 54.8 Å². The van der Waals surface area contributed by atoms with E-state index in [-0.39, 0.29) is 17.5 Å². The molecular weight excluding hydrogens is 347 g/mol. The van der Waals surface area contributed by atoms with Crippen LogP contribution in [-0.2, 0) is 6.42 Å². The van der Waals surface area contributed by atoms with Crippen molar-refractivity contribution in [3.63, 3.8) is 0 Å². The Labute approximate surface area is 146 Å². The zero-order chi connectivity index (χ0) is 18.8. The molecule has 0 aliphatic rings. The first-order chi connectivity index (χ1) is 12.3. The van der Waals surface area contributed by atoms with Crippen molar-refractivity contribution in [2.45, 2.75) is 19.8 Å². The highest BCUT2D eigenvalue weighted by Gasteiger charge is 2.14. The van der Waals surface area contributed by atoms with Gasteiger partial charge in [0.15, 0.2) is 5.82 Å². The van der Waals surface area contributed by atoms with Gasteiger partial charge in [-0.2, -0.15) is 5.10 Å². The average molecular weight is 361 g/mol. The van der Waals surface area contributed by atoms with Gasteiger partial charge < -0.3 is 5.11 Å². The predicted octanol–water partition coefficient (Wildman–Crippen LogP) is 3.94. The van der Waals surface area contributed by atoms with Crippen molar-refractivity contribution >= 4 is 5.97 Å². The van der Waals surface area contributed by atoms with Gasteiger partial charge in [0.1, 0.15) is 11.4 Å². The van der Waals surface area contributed by atoms with Crippen molar-refractivity contribution in [2.24, 2.45) is 0 Å². The first-order valence-electron chi connectivity index (χ1n) is 7.66. The fraction of sp³-hybridized carbons (Fsp3) is 0.167. The summed E-state index contributed by atoms with van der Waals surface area (Å²) in [5.41, 5.74) is 1.13. The van der Waals surface area contributed by atoms with E-state index in [0.717, 1.165) is 6.07 Å². The van der Waals surface area contributed by atoms with Gasteiger partial charge in [0, 0.05) is 18.0 Å². The van der Waals surface area contributed by atoms with Crippen LogP contribution in [0.3, 0.4) is 0 Å². The summed E-state index contributed by atoms with van der Waals surface area (Å²) in [4.78, 5) is 15.3. The number of hydrogen-bond donors (Lipinski definition) is 1. The number of aromatic carboxylic acids is 1. The second-order valence-corrected chi connectivity index (χ2v) is 5.77. The minimum Gasteiger partial charge on any atom is -0.478 e. The maximum Gasteiger partial charge on any atom is 0.339 e. The number of carboxylic acids is 1. The first-order valence-corrected chi connectivity index (χ1v) is 7.66. The third-order valence-electron chi connectivity index (χ3n) is 3.81. The zero-order valence-electron chi connectivity index (χ0n) is 13.7. The van der Waals surface area contributed by atoms with Gasteiger partial charge in [-0.1, -0.05) is 0 Å². The smallest absolute Gasteiger partial charge is 0.339 e. The summed E-state index contributed by atoms with van der Waals surface area (Å²) < 4.78 is 40.5. The minimum atomic E-state index is -2.75. The van der Waals surface area contributed by atoms with E-state index in [0.29, 0.717) is 22.6 Å². The first kappa shape index (κ1) is 17.7. The molecule has 3 aromatic rings. The second-order valence-electron chi connectivity index (χ2n) is 5.77. The lowest BCUT2D eigenvalue weighted by molar-refractivity contribution is 0.0696. The Kier molecular flexibility index (Phi) is 4.75. The number of alkyl halides is 2. The standard InChI is InChI=1S/C18H14F3N3O2/c1-10-15(18(25)26)9-24(23-10)16-7-11(2-3-22-16)4-12-5-13(17(20)21)8-14(19)6-12/h2-3,5-9,17H,4H2,1H3,(H,25,26). The van der Waals surface area contributed by atoms with Crippen LogP contribution in [0.4, 0.5) is 13.2 Å². The lowest BCUT2D eigenvalue weighted by atomic mass is 10.0. The van der Waals surface area contributed by atoms with Crippen LogP contribution in [0, 0.1) is 12.7 Å². The van der Waals surface area contributed by atoms with E-state index in [1.165, 1.54) is 29.2 Å². The van der Waals surface area contributed by atoms with Crippen molar-refractivity contribution in [1.29, 1.82) is 0 Å². The van der Waals surface area contributed by atoms with Crippen LogP contribution in [0.25, 0.3) is 5.82 Å². The number of hydrogen-bond acceptors (Lipinski definition) is 3. The lowest BCUT2D eigenvalue weighted by Gasteiger charge is -2.07. The maximum atomic E-state index is 13.5. The molecule has 0 aliphatic carbocycles. The van der Waals surface area contributed by atoms with Crippen LogP contribution in [-0.4, -0.2) is 25.8 Å². The monoisotopic (exact) mass is 361 g/mol. The molecule has 0 atom stereocenters. The zero-order valence-corrected chi connectivity index (χ0v) is 13.7. The Morgan fingerprint density at radius 3 is 2.65 bits per heavy atom. The van der Waals surface area contributed by atoms with Crippen molar-refractivity contribution in [3.05, 3.63) is 76.5 Å². The molecule has 0 saturated carbocycles. The highest BCUT2D eigenvalue weighted by molar-refractivity contribution is 5.88. The predicted molar refractivity (Wildman–Crippen MR) is 87.2 cm³/mol. The Morgan fingerprint density at radius 2 is 2.00 bits per heavy atom. The molecule has 134 valence electrons. The normalized spacial score (nSPS) is 11.1. The minimum absolute atomic E-state index is 0.0592. The summed E-state index contributed by atoms with van der Waals surface area (Å²) in [7, 11) is 0. The van der Waals surface area contributed by atoms with Crippen LogP contribution < -0.4 is 0 Å². The number of aryl methyl sites for hydroxylation is 1. The van der Waals surface area contributed by atoms with Crippen LogP contribution in [0.15, 0.2) is 42.7 Å². The number of pyridine rings is 1. The summed E-state index contributed by atoms with van der Waals surface area (Å²) in [6.07, 6.45) is 0.314. The number of nitrogens with zero attached hydrogens (tertiary/aromatic N) is 3. The molecule has 0 unspecified atom stereocenters. The Bertz CT molecular complexity index is 970. The average Bonchev–Trinajstić information content (AvgIpc) is 2.96. The number of rotatable bonds is 5. The fourth-order valence-corrected chi connectivity index (χ4v) is 2.62. The number of carboxylic acid groups (broad SMARTS) is 1. The molecule has 0 saturated heterocycles. The molecule has 26 heavy (non-hydrogen) atoms. The molecule has 0 aliphatic heterocycles. The number of halogens is 3. The Balaban J connectivity index is 1.91. The van der Waals surface area contributed by atoms with Gasteiger partial charge in [0.2, 0.25) is 0 Å². The van der Waals surface area contributed by atoms with Crippen LogP contribution in [0.2, 0.25) is 0 Å². The number of carbonyl (C=O) groups is 1. The van der Waals surface area contributed by atoms with Crippen LogP contribution in [0.1, 0.15) is 39.2 Å². The molecule has 0 fully saturated rings. The van der Waals surface area contributed by atoms with Crippen molar-refractivity contribution in [2.75, 3.05) is 0 Å². The molecule has 0 amide bonds. The summed E-state index contributed by atoms with van der Waals surface area (Å²) in [6, 6.07) is 6.59. The van der Waals surface area contributed by atoms with E-state index in [9.17, 15) is 18.0 Å². The fourth-order valence-electron chi connectivity index (χ4n) is 2.62. The molecular formula is C18H14F3N3O2. The molecule has 3 rings (SSSR count). The Morgan fingerprint density at radius 1 is 1.23 bits per heavy atom. The van der Waals surface area contributed by atoms with Gasteiger partial charge in [-0.3, -0.25) is 0 Å². The summed E-state index contributed by atoms with van der Waals surface area (Å²) in [6.45, 7) is 1.57. The van der Waals surface area contributed by atoms with E-state index in [4.69, 9.17) is 5.11 Å². The molecule has 8 heteroatoms. The topological polar surface area (TPSA) is 68.0 Å². The van der Waals surface area contributed by atoms with E-state index in [2.05, 4.69) is 10.1 Å². The molecule has 0 radical (unpaired) electrons. The molecule has 1 N–H and O–H groups in total. The van der Waals surface area contributed by atoms with Crippen LogP contribution >= 0.6 is 0 Å². The maximum absolute atomic E-state index is 13.5. The number of benzene rings is 1. The SMILES string of the molecule is Cc1nn(-c2cc(Cc3cc(F)cc(C(F)F)c3)ccn2)cc1C(=O)O. The van der Waals surface area contributed by atoms with Gasteiger partial charge in [0.25, 0.3) is 6.43 Å². The molecule has 0 bridgehead atoms. The third kappa shape index (κ3) is 3.74. The van der Waals surface area contributed by atoms with Gasteiger partial charge in [-0.15, -0.1) is 0 Å². The molecule has 0 spiro atoms. The molecule has 1 aromatic carbocycles. The summed E-state index contributed by atoms with van der Waals surface area (Å²) in [5.74, 6) is -1.44. The van der Waals surface area contributed by atoms with Gasteiger partial charge in [-0.25, -0.2) is 27.6 Å². The van der Waals surface area contributed by atoms with E-state index in [1.807, 2.05) is 0 Å². The Hall–Kier alpha value is -3.16. The highest BCUT2D eigenvalue weighted by Crippen LogP contribution is 2.23. The third-order valence-corrected chi connectivity index (χ3v) is 3.81. The highest BCUT2D eigenvalue weighted by atomic mass is 19.3. The summed E-state index contributed by atoms with van der Waals surface area (Å²) >= 11 is 0. The molecule has 2 aromatic heterocycles. The number of aromatic nitrogens is 3. The van der Waals surface area contributed by atoms with Crippen molar-refractivity contribution < 1.29 is 23.1 Å². The van der Waals surface area contributed by atoms with Crippen molar-refractivity contribution in [3.8, 4) is 5.82 Å². The quantitative estimate of drug-likeness (QED) is 0.747. The van der Waals surface area contributed by atoms with E-state index in [1.54, 1.807) is 19.1 Å². The molecule has 5 nitrogen and oxygen atoms in total. The van der Waals surface area contributed by atoms with E-state index >= 15 is 0 Å². The lowest BCUT2D eigenvalue weighted by Crippen LogP contribution is -2.00. The van der Waals surface area contributed by atoms with Crippen LogP contribution in [0.5, 0.6) is 0 Å². The molecule has 2 heterocycles. The second kappa shape index (κ2) is 6.99.